The van der Waals surface area contributed by atoms with Crippen molar-refractivity contribution in [3.05, 3.63) is 59.0 Å². The number of furan rings is 1. The second kappa shape index (κ2) is 6.88. The SMILES string of the molecule is O=C([O-])CCC(=O)N1N=C(c2ccco2)C[C@H]1c1ccccc1Cl. The van der Waals surface area contributed by atoms with Crippen LogP contribution in [-0.4, -0.2) is 22.6 Å². The Kier molecular flexibility index (Phi) is 4.66. The van der Waals surface area contributed by atoms with E-state index in [0.29, 0.717) is 22.9 Å². The minimum absolute atomic E-state index is 0.182. The molecule has 0 saturated heterocycles. The number of carboxylic acid groups (broad SMARTS) is 1. The number of benzene rings is 1. The molecule has 6 nitrogen and oxygen atoms in total. The summed E-state index contributed by atoms with van der Waals surface area (Å²) in [5.41, 5.74) is 1.37. The Hall–Kier alpha value is -2.60. The highest BCUT2D eigenvalue weighted by Gasteiger charge is 2.34. The lowest BCUT2D eigenvalue weighted by Gasteiger charge is -2.23. The lowest BCUT2D eigenvalue weighted by Crippen LogP contribution is -2.30. The molecule has 124 valence electrons. The monoisotopic (exact) mass is 345 g/mol. The van der Waals surface area contributed by atoms with Crippen LogP contribution in [0.4, 0.5) is 0 Å². The zero-order valence-electron chi connectivity index (χ0n) is 12.6. The van der Waals surface area contributed by atoms with Gasteiger partial charge in [-0.1, -0.05) is 29.8 Å². The Balaban J connectivity index is 1.91. The average molecular weight is 346 g/mol. The van der Waals surface area contributed by atoms with Gasteiger partial charge in [-0.3, -0.25) is 4.79 Å². The van der Waals surface area contributed by atoms with Gasteiger partial charge in [-0.15, -0.1) is 0 Å². The molecule has 1 aliphatic heterocycles. The highest BCUT2D eigenvalue weighted by atomic mass is 35.5. The quantitative estimate of drug-likeness (QED) is 0.830. The third kappa shape index (κ3) is 3.33. The van der Waals surface area contributed by atoms with Crippen molar-refractivity contribution in [1.82, 2.24) is 5.01 Å². The molecule has 2 aromatic rings. The van der Waals surface area contributed by atoms with Crippen molar-refractivity contribution in [2.75, 3.05) is 0 Å². The Morgan fingerprint density at radius 2 is 2.04 bits per heavy atom. The van der Waals surface area contributed by atoms with Gasteiger partial charge in [-0.25, -0.2) is 5.01 Å². The lowest BCUT2D eigenvalue weighted by molar-refractivity contribution is -0.305. The van der Waals surface area contributed by atoms with Crippen LogP contribution in [0.2, 0.25) is 5.02 Å². The van der Waals surface area contributed by atoms with Crippen LogP contribution < -0.4 is 5.11 Å². The first-order valence-electron chi connectivity index (χ1n) is 7.44. The maximum Gasteiger partial charge on any atom is 0.243 e. The van der Waals surface area contributed by atoms with Gasteiger partial charge < -0.3 is 14.3 Å². The van der Waals surface area contributed by atoms with E-state index in [1.54, 1.807) is 24.3 Å². The van der Waals surface area contributed by atoms with E-state index >= 15 is 0 Å². The molecule has 0 aliphatic carbocycles. The summed E-state index contributed by atoms with van der Waals surface area (Å²) < 4.78 is 5.35. The van der Waals surface area contributed by atoms with E-state index in [1.165, 1.54) is 11.3 Å². The fourth-order valence-electron chi connectivity index (χ4n) is 2.64. The van der Waals surface area contributed by atoms with Crippen molar-refractivity contribution in [2.24, 2.45) is 5.10 Å². The van der Waals surface area contributed by atoms with Gasteiger partial charge in [0.2, 0.25) is 5.91 Å². The van der Waals surface area contributed by atoms with Gasteiger partial charge in [0.15, 0.2) is 0 Å². The third-order valence-electron chi connectivity index (χ3n) is 3.78. The van der Waals surface area contributed by atoms with Gasteiger partial charge in [0.05, 0.1) is 12.3 Å². The molecule has 1 aliphatic rings. The first-order chi connectivity index (χ1) is 11.6. The van der Waals surface area contributed by atoms with Crippen molar-refractivity contribution in [3.63, 3.8) is 0 Å². The summed E-state index contributed by atoms with van der Waals surface area (Å²) in [6.45, 7) is 0. The van der Waals surface area contributed by atoms with Gasteiger partial charge in [-0.2, -0.15) is 5.10 Å². The molecule has 0 unspecified atom stereocenters. The molecule has 0 saturated carbocycles. The molecule has 1 aromatic carbocycles. The maximum absolute atomic E-state index is 12.4. The van der Waals surface area contributed by atoms with Crippen LogP contribution in [0.5, 0.6) is 0 Å². The Morgan fingerprint density at radius 1 is 1.25 bits per heavy atom. The fourth-order valence-corrected chi connectivity index (χ4v) is 2.90. The lowest BCUT2D eigenvalue weighted by atomic mass is 10.0. The van der Waals surface area contributed by atoms with Crippen LogP contribution in [0, 0.1) is 0 Å². The van der Waals surface area contributed by atoms with Crippen molar-refractivity contribution in [3.8, 4) is 0 Å². The predicted octanol–water partition coefficient (Wildman–Crippen LogP) is 2.14. The number of amides is 1. The molecule has 0 fully saturated rings. The van der Waals surface area contributed by atoms with E-state index < -0.39 is 17.9 Å². The molecule has 2 heterocycles. The van der Waals surface area contributed by atoms with E-state index in [-0.39, 0.29) is 12.8 Å². The summed E-state index contributed by atoms with van der Waals surface area (Å²) in [7, 11) is 0. The number of rotatable bonds is 5. The molecule has 1 atom stereocenters. The number of carbonyl (C=O) groups excluding carboxylic acids is 2. The topological polar surface area (TPSA) is 85.9 Å². The normalized spacial score (nSPS) is 17.0. The van der Waals surface area contributed by atoms with Gasteiger partial charge in [0.1, 0.15) is 11.5 Å². The van der Waals surface area contributed by atoms with Gasteiger partial charge in [0, 0.05) is 23.8 Å². The Morgan fingerprint density at radius 3 is 2.71 bits per heavy atom. The summed E-state index contributed by atoms with van der Waals surface area (Å²) in [4.78, 5) is 23.0. The van der Waals surface area contributed by atoms with E-state index in [4.69, 9.17) is 16.0 Å². The zero-order valence-corrected chi connectivity index (χ0v) is 13.4. The van der Waals surface area contributed by atoms with E-state index in [0.717, 1.165) is 5.56 Å². The summed E-state index contributed by atoms with van der Waals surface area (Å²) in [6, 6.07) is 10.3. The number of carboxylic acids is 1. The zero-order chi connectivity index (χ0) is 17.1. The number of hydrogen-bond donors (Lipinski definition) is 0. The first kappa shape index (κ1) is 16.3. The third-order valence-corrected chi connectivity index (χ3v) is 4.12. The summed E-state index contributed by atoms with van der Waals surface area (Å²) in [5, 5.41) is 16.8. The van der Waals surface area contributed by atoms with Crippen molar-refractivity contribution < 1.29 is 19.1 Å². The maximum atomic E-state index is 12.4. The molecule has 1 amide bonds. The molecule has 1 aromatic heterocycles. The number of aliphatic carboxylic acids is 1. The standard InChI is InChI=1S/C17H15ClN2O4/c18-12-5-2-1-4-11(12)14-10-13(15-6-3-9-24-15)19-20(14)16(21)7-8-17(22)23/h1-6,9,14H,7-8,10H2,(H,22,23)/p-1/t14-/m0/s1. The highest BCUT2D eigenvalue weighted by molar-refractivity contribution is 6.31. The second-order valence-corrected chi connectivity index (χ2v) is 5.78. The summed E-state index contributed by atoms with van der Waals surface area (Å²) >= 11 is 6.26. The summed E-state index contributed by atoms with van der Waals surface area (Å²) in [5.74, 6) is -1.10. The second-order valence-electron chi connectivity index (χ2n) is 5.38. The first-order valence-corrected chi connectivity index (χ1v) is 7.81. The van der Waals surface area contributed by atoms with Gasteiger partial charge in [0.25, 0.3) is 0 Å². The number of nitrogens with zero attached hydrogens (tertiary/aromatic N) is 2. The average Bonchev–Trinajstić information content (AvgIpc) is 3.22. The van der Waals surface area contributed by atoms with Crippen molar-refractivity contribution in [1.29, 1.82) is 0 Å². The molecule has 0 radical (unpaired) electrons. The van der Waals surface area contributed by atoms with Gasteiger partial charge in [-0.05, 0) is 30.2 Å². The molecule has 7 heteroatoms. The van der Waals surface area contributed by atoms with E-state index in [2.05, 4.69) is 5.10 Å². The van der Waals surface area contributed by atoms with Crippen LogP contribution >= 0.6 is 11.6 Å². The predicted molar refractivity (Wildman–Crippen MR) is 85.1 cm³/mol. The van der Waals surface area contributed by atoms with Crippen LogP contribution in [0.25, 0.3) is 0 Å². The Labute approximate surface area is 143 Å². The van der Waals surface area contributed by atoms with Crippen LogP contribution in [0.1, 0.15) is 36.6 Å². The molecule has 0 N–H and O–H groups in total. The Bertz CT molecular complexity index is 786. The number of carbonyl (C=O) groups is 2. The largest absolute Gasteiger partial charge is 0.550 e. The van der Waals surface area contributed by atoms with E-state index in [1.807, 2.05) is 12.1 Å². The van der Waals surface area contributed by atoms with Crippen LogP contribution in [-0.2, 0) is 9.59 Å². The minimum Gasteiger partial charge on any atom is -0.550 e. The number of hydrogen-bond acceptors (Lipinski definition) is 5. The summed E-state index contributed by atoms with van der Waals surface area (Å²) in [6.07, 6.45) is 1.44. The van der Waals surface area contributed by atoms with Crippen LogP contribution in [0.15, 0.2) is 52.2 Å². The van der Waals surface area contributed by atoms with Crippen molar-refractivity contribution in [2.45, 2.75) is 25.3 Å². The molecular formula is C17H14ClN2O4-. The molecule has 0 spiro atoms. The molecule has 0 bridgehead atoms. The number of halogens is 1. The van der Waals surface area contributed by atoms with Crippen LogP contribution in [0.3, 0.4) is 0 Å². The fraction of sp³-hybridized carbons (Fsp3) is 0.235. The van der Waals surface area contributed by atoms with Gasteiger partial charge >= 0.3 is 0 Å². The number of hydrazone groups is 1. The smallest absolute Gasteiger partial charge is 0.243 e. The molecule has 3 rings (SSSR count). The molecular weight excluding hydrogens is 332 g/mol. The minimum atomic E-state index is -1.27. The van der Waals surface area contributed by atoms with Crippen molar-refractivity contribution >= 4 is 29.2 Å². The van der Waals surface area contributed by atoms with E-state index in [9.17, 15) is 14.7 Å². The molecule has 24 heavy (non-hydrogen) atoms. The highest BCUT2D eigenvalue weighted by Crippen LogP contribution is 2.36.